The second-order valence-corrected chi connectivity index (χ2v) is 10.6. The van der Waals surface area contributed by atoms with E-state index in [-0.39, 0.29) is 29.9 Å². The summed E-state index contributed by atoms with van der Waals surface area (Å²) >= 11 is 3.39. The van der Waals surface area contributed by atoms with Crippen molar-refractivity contribution >= 4 is 31.9 Å². The molecule has 168 valence electrons. The molecule has 0 saturated carbocycles. The topological polar surface area (TPSA) is 66.5 Å². The SMILES string of the molecule is C[C@H](CCc1ccccc1)NC(=O)CN(Cc1ccc(Br)cc1)S(=O)(=O)c1ccccc1. The molecule has 1 N–H and O–H groups in total. The van der Waals surface area contributed by atoms with Crippen LogP contribution in [0.2, 0.25) is 0 Å². The van der Waals surface area contributed by atoms with Gasteiger partial charge in [0.05, 0.1) is 11.4 Å². The quantitative estimate of drug-likeness (QED) is 0.423. The standard InChI is InChI=1S/C25H27BrN2O3S/c1-20(12-13-21-8-4-2-5-9-21)27-25(29)19-28(18-22-14-16-23(26)17-15-22)32(30,31)24-10-6-3-7-11-24/h2-11,14-17,20H,12-13,18-19H2,1H3,(H,27,29)/t20-/m1/s1. The van der Waals surface area contributed by atoms with Crippen LogP contribution in [-0.2, 0) is 27.8 Å². The molecule has 1 atom stereocenters. The first-order valence-electron chi connectivity index (χ1n) is 10.5. The molecular weight excluding hydrogens is 488 g/mol. The van der Waals surface area contributed by atoms with Crippen LogP contribution >= 0.6 is 15.9 Å². The van der Waals surface area contributed by atoms with Gasteiger partial charge in [0.15, 0.2) is 0 Å². The number of halogens is 1. The van der Waals surface area contributed by atoms with Gasteiger partial charge in [-0.3, -0.25) is 4.79 Å². The maximum absolute atomic E-state index is 13.3. The number of nitrogens with one attached hydrogen (secondary N) is 1. The Kier molecular flexibility index (Phi) is 8.61. The molecule has 0 spiro atoms. The number of sulfonamides is 1. The lowest BCUT2D eigenvalue weighted by molar-refractivity contribution is -0.122. The largest absolute Gasteiger partial charge is 0.352 e. The fraction of sp³-hybridized carbons (Fsp3) is 0.240. The zero-order valence-electron chi connectivity index (χ0n) is 17.9. The van der Waals surface area contributed by atoms with Gasteiger partial charge in [-0.05, 0) is 55.2 Å². The lowest BCUT2D eigenvalue weighted by Crippen LogP contribution is -2.43. The van der Waals surface area contributed by atoms with Crippen LogP contribution in [0.1, 0.15) is 24.5 Å². The Balaban J connectivity index is 1.70. The highest BCUT2D eigenvalue weighted by Gasteiger charge is 2.27. The van der Waals surface area contributed by atoms with Crippen molar-refractivity contribution in [1.29, 1.82) is 0 Å². The number of carbonyl (C=O) groups is 1. The van der Waals surface area contributed by atoms with Crippen molar-refractivity contribution < 1.29 is 13.2 Å². The average Bonchev–Trinajstić information content (AvgIpc) is 2.80. The van der Waals surface area contributed by atoms with Gasteiger partial charge in [0.25, 0.3) is 0 Å². The Labute approximate surface area is 198 Å². The van der Waals surface area contributed by atoms with E-state index in [4.69, 9.17) is 0 Å². The molecule has 0 heterocycles. The van der Waals surface area contributed by atoms with Gasteiger partial charge in [-0.1, -0.05) is 76.6 Å². The van der Waals surface area contributed by atoms with E-state index in [1.54, 1.807) is 30.3 Å². The minimum Gasteiger partial charge on any atom is -0.352 e. The highest BCUT2D eigenvalue weighted by Crippen LogP contribution is 2.19. The molecule has 0 saturated heterocycles. The van der Waals surface area contributed by atoms with Crippen LogP contribution in [0, 0.1) is 0 Å². The first-order valence-corrected chi connectivity index (χ1v) is 12.7. The third kappa shape index (κ3) is 7.02. The third-order valence-electron chi connectivity index (χ3n) is 5.09. The number of hydrogen-bond donors (Lipinski definition) is 1. The fourth-order valence-electron chi connectivity index (χ4n) is 3.34. The van der Waals surface area contributed by atoms with Crippen LogP contribution < -0.4 is 5.32 Å². The monoisotopic (exact) mass is 514 g/mol. The predicted octanol–water partition coefficient (Wildman–Crippen LogP) is 4.78. The molecule has 0 bridgehead atoms. The number of rotatable bonds is 10. The van der Waals surface area contributed by atoms with Crippen molar-refractivity contribution in [3.8, 4) is 0 Å². The second-order valence-electron chi connectivity index (χ2n) is 7.71. The van der Waals surface area contributed by atoms with Crippen LogP contribution in [0.4, 0.5) is 0 Å². The molecule has 0 unspecified atom stereocenters. The number of aryl methyl sites for hydroxylation is 1. The lowest BCUT2D eigenvalue weighted by Gasteiger charge is -2.23. The molecule has 0 aliphatic heterocycles. The van der Waals surface area contributed by atoms with Crippen molar-refractivity contribution in [2.24, 2.45) is 0 Å². The number of benzene rings is 3. The summed E-state index contributed by atoms with van der Waals surface area (Å²) in [6.07, 6.45) is 1.61. The zero-order chi connectivity index (χ0) is 23.0. The summed E-state index contributed by atoms with van der Waals surface area (Å²) in [5.41, 5.74) is 2.01. The van der Waals surface area contributed by atoms with Gasteiger partial charge < -0.3 is 5.32 Å². The normalized spacial score (nSPS) is 12.5. The molecule has 0 aliphatic carbocycles. The number of nitrogens with zero attached hydrogens (tertiary/aromatic N) is 1. The zero-order valence-corrected chi connectivity index (χ0v) is 20.3. The first-order chi connectivity index (χ1) is 15.3. The predicted molar refractivity (Wildman–Crippen MR) is 131 cm³/mol. The van der Waals surface area contributed by atoms with E-state index < -0.39 is 10.0 Å². The lowest BCUT2D eigenvalue weighted by atomic mass is 10.1. The summed E-state index contributed by atoms with van der Waals surface area (Å²) in [6, 6.07) is 25.6. The summed E-state index contributed by atoms with van der Waals surface area (Å²) in [5, 5.41) is 2.95. The van der Waals surface area contributed by atoms with Gasteiger partial charge in [0.2, 0.25) is 15.9 Å². The fourth-order valence-corrected chi connectivity index (χ4v) is 5.01. The van der Waals surface area contributed by atoms with E-state index in [1.807, 2.05) is 49.4 Å². The molecule has 0 aromatic heterocycles. The van der Waals surface area contributed by atoms with Crippen LogP contribution in [0.25, 0.3) is 0 Å². The van der Waals surface area contributed by atoms with Crippen LogP contribution in [-0.4, -0.2) is 31.2 Å². The maximum Gasteiger partial charge on any atom is 0.243 e. The molecular formula is C25H27BrN2O3S. The Bertz CT molecular complexity index is 1100. The Morgan fingerprint density at radius 1 is 0.906 bits per heavy atom. The van der Waals surface area contributed by atoms with Gasteiger partial charge >= 0.3 is 0 Å². The van der Waals surface area contributed by atoms with Crippen LogP contribution in [0.15, 0.2) is 94.3 Å². The van der Waals surface area contributed by atoms with Gasteiger partial charge in [-0.15, -0.1) is 0 Å². The molecule has 0 radical (unpaired) electrons. The van der Waals surface area contributed by atoms with Crippen molar-refractivity contribution in [3.63, 3.8) is 0 Å². The number of hydrogen-bond acceptors (Lipinski definition) is 3. The van der Waals surface area contributed by atoms with E-state index in [0.717, 1.165) is 22.9 Å². The highest BCUT2D eigenvalue weighted by molar-refractivity contribution is 9.10. The summed E-state index contributed by atoms with van der Waals surface area (Å²) in [6.45, 7) is 1.80. The molecule has 32 heavy (non-hydrogen) atoms. The van der Waals surface area contributed by atoms with Crippen molar-refractivity contribution in [1.82, 2.24) is 9.62 Å². The average molecular weight is 515 g/mol. The Morgan fingerprint density at radius 3 is 2.12 bits per heavy atom. The minimum absolute atomic E-state index is 0.0725. The Morgan fingerprint density at radius 2 is 1.50 bits per heavy atom. The smallest absolute Gasteiger partial charge is 0.243 e. The molecule has 7 heteroatoms. The van der Waals surface area contributed by atoms with E-state index in [2.05, 4.69) is 33.4 Å². The Hall–Kier alpha value is -2.48. The molecule has 3 rings (SSSR count). The van der Waals surface area contributed by atoms with Crippen molar-refractivity contribution in [3.05, 3.63) is 101 Å². The van der Waals surface area contributed by atoms with Gasteiger partial charge in [-0.25, -0.2) is 8.42 Å². The summed E-state index contributed by atoms with van der Waals surface area (Å²) < 4.78 is 28.7. The van der Waals surface area contributed by atoms with E-state index in [1.165, 1.54) is 9.87 Å². The van der Waals surface area contributed by atoms with Gasteiger partial charge in [-0.2, -0.15) is 4.31 Å². The van der Waals surface area contributed by atoms with Crippen molar-refractivity contribution in [2.75, 3.05) is 6.54 Å². The van der Waals surface area contributed by atoms with E-state index >= 15 is 0 Å². The number of amides is 1. The molecule has 0 aliphatic rings. The van der Waals surface area contributed by atoms with Gasteiger partial charge in [0, 0.05) is 17.1 Å². The summed E-state index contributed by atoms with van der Waals surface area (Å²) in [7, 11) is -3.83. The molecule has 0 fully saturated rings. The molecule has 3 aromatic carbocycles. The highest BCUT2D eigenvalue weighted by atomic mass is 79.9. The van der Waals surface area contributed by atoms with E-state index in [9.17, 15) is 13.2 Å². The molecule has 1 amide bonds. The van der Waals surface area contributed by atoms with E-state index in [0.29, 0.717) is 0 Å². The second kappa shape index (κ2) is 11.4. The molecule has 5 nitrogen and oxygen atoms in total. The summed E-state index contributed by atoms with van der Waals surface area (Å²) in [4.78, 5) is 12.9. The first kappa shape index (κ1) is 24.2. The minimum atomic E-state index is -3.83. The third-order valence-corrected chi connectivity index (χ3v) is 7.42. The van der Waals surface area contributed by atoms with Crippen LogP contribution in [0.3, 0.4) is 0 Å². The van der Waals surface area contributed by atoms with Crippen molar-refractivity contribution in [2.45, 2.75) is 37.2 Å². The summed E-state index contributed by atoms with van der Waals surface area (Å²) in [5.74, 6) is -0.317. The van der Waals surface area contributed by atoms with Crippen LogP contribution in [0.5, 0.6) is 0 Å². The van der Waals surface area contributed by atoms with Gasteiger partial charge in [0.1, 0.15) is 0 Å². The maximum atomic E-state index is 13.3. The number of carbonyl (C=O) groups excluding carboxylic acids is 1. The molecule has 3 aromatic rings.